The molecule has 0 aliphatic heterocycles. The SMILES string of the molecule is Cc1nn(-c2ccccn2)c2nc(Cl)c(C=O)cc12. The van der Waals surface area contributed by atoms with Crippen LogP contribution in [-0.4, -0.2) is 26.0 Å². The molecule has 3 rings (SSSR count). The summed E-state index contributed by atoms with van der Waals surface area (Å²) >= 11 is 5.97. The molecule has 0 unspecified atom stereocenters. The molecule has 3 aromatic rings. The molecule has 0 bridgehead atoms. The van der Waals surface area contributed by atoms with E-state index in [4.69, 9.17) is 11.6 Å². The average Bonchev–Trinajstić information content (AvgIpc) is 2.75. The number of aldehydes is 1. The van der Waals surface area contributed by atoms with E-state index in [0.29, 0.717) is 23.3 Å². The van der Waals surface area contributed by atoms with Gasteiger partial charge in [0.05, 0.1) is 11.3 Å². The molecule has 0 aromatic carbocycles. The third-order valence-electron chi connectivity index (χ3n) is 2.82. The van der Waals surface area contributed by atoms with Crippen LogP contribution in [0.15, 0.2) is 30.5 Å². The number of carbonyl (C=O) groups excluding carboxylic acids is 1. The predicted octanol–water partition coefficient (Wildman–Crippen LogP) is 2.59. The molecule has 3 aromatic heterocycles. The molecule has 0 saturated heterocycles. The number of carbonyl (C=O) groups is 1. The van der Waals surface area contributed by atoms with Gasteiger partial charge in [-0.25, -0.2) is 9.97 Å². The number of hydrogen-bond donors (Lipinski definition) is 0. The van der Waals surface area contributed by atoms with Gasteiger partial charge in [0, 0.05) is 11.6 Å². The van der Waals surface area contributed by atoms with Crippen LogP contribution in [0.5, 0.6) is 0 Å². The maximum absolute atomic E-state index is 10.9. The molecule has 94 valence electrons. The van der Waals surface area contributed by atoms with Gasteiger partial charge in [0.1, 0.15) is 5.15 Å². The van der Waals surface area contributed by atoms with E-state index in [1.807, 2.05) is 25.1 Å². The largest absolute Gasteiger partial charge is 0.298 e. The van der Waals surface area contributed by atoms with Crippen molar-refractivity contribution in [2.24, 2.45) is 0 Å². The second-order valence-electron chi connectivity index (χ2n) is 4.04. The lowest BCUT2D eigenvalue weighted by atomic mass is 10.2. The molecule has 0 fully saturated rings. The second kappa shape index (κ2) is 4.44. The predicted molar refractivity (Wildman–Crippen MR) is 71.8 cm³/mol. The van der Waals surface area contributed by atoms with Crippen molar-refractivity contribution in [2.45, 2.75) is 6.92 Å². The molecule has 0 atom stereocenters. The van der Waals surface area contributed by atoms with Crippen molar-refractivity contribution < 1.29 is 4.79 Å². The summed E-state index contributed by atoms with van der Waals surface area (Å²) < 4.78 is 1.62. The van der Waals surface area contributed by atoms with E-state index in [1.165, 1.54) is 0 Å². The van der Waals surface area contributed by atoms with Gasteiger partial charge in [0.15, 0.2) is 17.8 Å². The zero-order chi connectivity index (χ0) is 13.4. The zero-order valence-electron chi connectivity index (χ0n) is 10.0. The van der Waals surface area contributed by atoms with Crippen molar-refractivity contribution in [2.75, 3.05) is 0 Å². The molecular weight excluding hydrogens is 264 g/mol. The van der Waals surface area contributed by atoms with Crippen molar-refractivity contribution in [1.82, 2.24) is 19.7 Å². The third kappa shape index (κ3) is 1.88. The fourth-order valence-corrected chi connectivity index (χ4v) is 2.08. The lowest BCUT2D eigenvalue weighted by Gasteiger charge is -2.01. The van der Waals surface area contributed by atoms with E-state index in [1.54, 1.807) is 16.9 Å². The Morgan fingerprint density at radius 2 is 2.21 bits per heavy atom. The van der Waals surface area contributed by atoms with Gasteiger partial charge < -0.3 is 0 Å². The van der Waals surface area contributed by atoms with E-state index in [2.05, 4.69) is 15.1 Å². The van der Waals surface area contributed by atoms with E-state index < -0.39 is 0 Å². The monoisotopic (exact) mass is 272 g/mol. The molecule has 5 nitrogen and oxygen atoms in total. The topological polar surface area (TPSA) is 60.7 Å². The van der Waals surface area contributed by atoms with E-state index in [-0.39, 0.29) is 5.15 Å². The van der Waals surface area contributed by atoms with Crippen LogP contribution in [0.3, 0.4) is 0 Å². The van der Waals surface area contributed by atoms with Gasteiger partial charge in [0.25, 0.3) is 0 Å². The number of aromatic nitrogens is 4. The van der Waals surface area contributed by atoms with Crippen LogP contribution in [-0.2, 0) is 0 Å². The Labute approximate surface area is 113 Å². The van der Waals surface area contributed by atoms with Gasteiger partial charge in [-0.2, -0.15) is 9.78 Å². The van der Waals surface area contributed by atoms with Crippen molar-refractivity contribution in [3.63, 3.8) is 0 Å². The highest BCUT2D eigenvalue weighted by Gasteiger charge is 2.14. The van der Waals surface area contributed by atoms with E-state index >= 15 is 0 Å². The van der Waals surface area contributed by atoms with Crippen molar-refractivity contribution >= 4 is 28.9 Å². The van der Waals surface area contributed by atoms with Gasteiger partial charge in [-0.05, 0) is 25.1 Å². The summed E-state index contributed by atoms with van der Waals surface area (Å²) in [7, 11) is 0. The standard InChI is InChI=1S/C13H9ClN4O/c1-8-10-6-9(7-19)12(14)16-13(10)18(17-8)11-4-2-3-5-15-11/h2-7H,1H3. The summed E-state index contributed by atoms with van der Waals surface area (Å²) in [5.74, 6) is 0.656. The molecule has 0 N–H and O–H groups in total. The van der Waals surface area contributed by atoms with E-state index in [0.717, 1.165) is 11.1 Å². The molecule has 0 amide bonds. The fourth-order valence-electron chi connectivity index (χ4n) is 1.90. The molecule has 0 aliphatic rings. The minimum atomic E-state index is 0.166. The molecule has 0 aliphatic carbocycles. The number of rotatable bonds is 2. The van der Waals surface area contributed by atoms with Crippen molar-refractivity contribution in [3.8, 4) is 5.82 Å². The minimum absolute atomic E-state index is 0.166. The molecule has 0 spiro atoms. The summed E-state index contributed by atoms with van der Waals surface area (Å²) in [5, 5.41) is 5.35. The molecule has 19 heavy (non-hydrogen) atoms. The molecule has 6 heteroatoms. The summed E-state index contributed by atoms with van der Waals surface area (Å²) in [4.78, 5) is 19.4. The number of fused-ring (bicyclic) bond motifs is 1. The Morgan fingerprint density at radius 3 is 2.89 bits per heavy atom. The number of halogens is 1. The summed E-state index contributed by atoms with van der Waals surface area (Å²) in [6, 6.07) is 7.22. The first kappa shape index (κ1) is 11.8. The highest BCUT2D eigenvalue weighted by molar-refractivity contribution is 6.32. The number of pyridine rings is 2. The highest BCUT2D eigenvalue weighted by atomic mass is 35.5. The average molecular weight is 273 g/mol. The minimum Gasteiger partial charge on any atom is -0.298 e. The van der Waals surface area contributed by atoms with E-state index in [9.17, 15) is 4.79 Å². The Kier molecular flexibility index (Phi) is 2.76. The maximum Gasteiger partial charge on any atom is 0.166 e. The molecule has 0 radical (unpaired) electrons. The van der Waals surface area contributed by atoms with Crippen LogP contribution >= 0.6 is 11.6 Å². The first-order chi connectivity index (χ1) is 9.20. The van der Waals surface area contributed by atoms with Crippen molar-refractivity contribution in [1.29, 1.82) is 0 Å². The fraction of sp³-hybridized carbons (Fsp3) is 0.0769. The van der Waals surface area contributed by atoms with Gasteiger partial charge >= 0.3 is 0 Å². The Morgan fingerprint density at radius 1 is 1.37 bits per heavy atom. The molecule has 0 saturated carbocycles. The summed E-state index contributed by atoms with van der Waals surface area (Å²) in [6.07, 6.45) is 2.37. The lowest BCUT2D eigenvalue weighted by molar-refractivity contribution is 0.112. The van der Waals surface area contributed by atoms with Crippen molar-refractivity contribution in [3.05, 3.63) is 46.9 Å². The van der Waals surface area contributed by atoms with Gasteiger partial charge in [0.2, 0.25) is 0 Å². The van der Waals surface area contributed by atoms with Gasteiger partial charge in [-0.3, -0.25) is 4.79 Å². The van der Waals surface area contributed by atoms with Crippen LogP contribution in [0.4, 0.5) is 0 Å². The highest BCUT2D eigenvalue weighted by Crippen LogP contribution is 2.23. The lowest BCUT2D eigenvalue weighted by Crippen LogP contribution is -2.00. The summed E-state index contributed by atoms with van der Waals surface area (Å²) in [6.45, 7) is 1.85. The first-order valence-corrected chi connectivity index (χ1v) is 6.01. The number of hydrogen-bond acceptors (Lipinski definition) is 4. The number of aryl methyl sites for hydroxylation is 1. The quantitative estimate of drug-likeness (QED) is 0.531. The Balaban J connectivity index is 2.34. The van der Waals surface area contributed by atoms with Gasteiger partial charge in [-0.15, -0.1) is 0 Å². The third-order valence-corrected chi connectivity index (χ3v) is 3.12. The molecular formula is C13H9ClN4O. The second-order valence-corrected chi connectivity index (χ2v) is 4.40. The molecule has 3 heterocycles. The smallest absolute Gasteiger partial charge is 0.166 e. The normalized spacial score (nSPS) is 10.8. The summed E-state index contributed by atoms with van der Waals surface area (Å²) in [5.41, 5.74) is 1.72. The van der Waals surface area contributed by atoms with Crippen LogP contribution in [0.1, 0.15) is 16.1 Å². The van der Waals surface area contributed by atoms with Crippen LogP contribution in [0.25, 0.3) is 16.9 Å². The van der Waals surface area contributed by atoms with Gasteiger partial charge in [-0.1, -0.05) is 17.7 Å². The first-order valence-electron chi connectivity index (χ1n) is 5.63. The number of nitrogens with zero attached hydrogens (tertiary/aromatic N) is 4. The zero-order valence-corrected chi connectivity index (χ0v) is 10.8. The van der Waals surface area contributed by atoms with Crippen LogP contribution in [0, 0.1) is 6.92 Å². The Bertz CT molecular complexity index is 767. The van der Waals surface area contributed by atoms with Crippen LogP contribution in [0.2, 0.25) is 5.15 Å². The maximum atomic E-state index is 10.9. The van der Waals surface area contributed by atoms with Crippen LogP contribution < -0.4 is 0 Å². The Hall–Kier alpha value is -2.27.